The van der Waals surface area contributed by atoms with Crippen molar-refractivity contribution in [1.29, 1.82) is 0 Å². The van der Waals surface area contributed by atoms with Crippen LogP contribution in [0.25, 0.3) is 10.8 Å². The standard InChI is InChI=1S/C28H35OS.C23H29O2S.C12H17F6NO5S2.C12H14F2O6S/c1-3-7-24(8-4-1)29-25-11-13-27(14-12-25)30(26-9-5-2-6-10-26)28-18-21-15-22(19-28)17-23(16-21)20-28;1-17(24)18-10-11-20-21(16-18)23(26-14-6-3-7-15-26)13-12-22(20)25-19-8-4-2-5-9-19;13-10(14,12(17,18)26(22,23)24)11(15,16)25(20,21)19-7-3-5-8-4-1-2-6-9(8)19;13-12(14,21(17,18)19)10(16)20-11-3-6-1-7(4-11)9(15)8(2-6)5-11/h2,5-6,9-14,21-24H,1,3-4,7-8,15-20H2;10-13,16,19H,2-9,14-15H2,1H3;8-9H,1-7H2,(H,22,23,24);6-8H,1-5H2,(H,17,18,19)/q2*+1;;/p-2. The topological polar surface area (TPSA) is 231 Å². The number of Topliss-reactive ketones (excluding diaryl/α,β-unsaturated/α-hetero) is 2. The second-order valence-electron chi connectivity index (χ2n) is 31.0. The van der Waals surface area contributed by atoms with E-state index in [1.807, 2.05) is 6.07 Å². The molecule has 11 aliphatic carbocycles. The molecule has 103 heavy (non-hydrogen) atoms. The number of carbonyl (C=O) groups excluding carboxylic acids is 3. The monoisotopic (exact) mass is 1540 g/mol. The summed E-state index contributed by atoms with van der Waals surface area (Å²) in [5.41, 5.74) is -0.413. The number of sulfonamides is 1. The number of hydrogen-bond acceptors (Lipinski definition) is 14. The van der Waals surface area contributed by atoms with Gasteiger partial charge in [-0.3, -0.25) is 9.59 Å². The molecule has 0 aromatic heterocycles. The number of fused-ring (bicyclic) bond motifs is 2. The van der Waals surface area contributed by atoms with Gasteiger partial charge in [-0.2, -0.15) is 39.4 Å². The second-order valence-corrected chi connectivity index (χ2v) is 40.4. The van der Waals surface area contributed by atoms with Crippen molar-refractivity contribution in [3.63, 3.8) is 0 Å². The van der Waals surface area contributed by atoms with Crippen molar-refractivity contribution in [2.24, 2.45) is 41.4 Å². The minimum absolute atomic E-state index is 0.0678. The Morgan fingerprint density at radius 3 is 1.64 bits per heavy atom. The number of ketones is 2. The Labute approximate surface area is 605 Å². The smallest absolute Gasteiger partial charge is 0.428 e. The Morgan fingerprint density at radius 1 is 0.553 bits per heavy atom. The lowest BCUT2D eigenvalue weighted by atomic mass is 9.53. The molecule has 17 rings (SSSR count). The number of benzene rings is 4. The van der Waals surface area contributed by atoms with Crippen molar-refractivity contribution in [3.8, 4) is 11.5 Å². The number of halogens is 8. The Kier molecular flexibility index (Phi) is 23.3. The van der Waals surface area contributed by atoms with Gasteiger partial charge in [-0.15, -0.1) is 0 Å². The van der Waals surface area contributed by atoms with E-state index in [1.54, 1.807) is 16.7 Å². The van der Waals surface area contributed by atoms with Gasteiger partial charge in [0, 0.05) is 70.9 Å². The van der Waals surface area contributed by atoms with Crippen molar-refractivity contribution in [2.75, 3.05) is 18.1 Å². The van der Waals surface area contributed by atoms with Crippen LogP contribution in [0, 0.1) is 41.4 Å². The Morgan fingerprint density at radius 2 is 1.08 bits per heavy atom. The Balaban J connectivity index is 0.000000130. The maximum absolute atomic E-state index is 14.1. The van der Waals surface area contributed by atoms with E-state index < -0.39 is 76.1 Å². The zero-order valence-corrected chi connectivity index (χ0v) is 62.0. The Hall–Kier alpha value is -4.58. The van der Waals surface area contributed by atoms with Gasteiger partial charge in [0.25, 0.3) is 10.0 Å². The summed E-state index contributed by atoms with van der Waals surface area (Å²) in [6.45, 7) is 1.08. The van der Waals surface area contributed by atoms with Crippen LogP contribution in [0.2, 0.25) is 0 Å². The summed E-state index contributed by atoms with van der Waals surface area (Å²) in [6.07, 6.45) is 30.6. The molecule has 2 saturated heterocycles. The predicted molar refractivity (Wildman–Crippen MR) is 373 cm³/mol. The van der Waals surface area contributed by atoms with Crippen molar-refractivity contribution in [1.82, 2.24) is 4.31 Å². The predicted octanol–water partition coefficient (Wildman–Crippen LogP) is 16.5. The van der Waals surface area contributed by atoms with Crippen LogP contribution >= 0.6 is 0 Å². The molecule has 5 atom stereocenters. The number of ether oxygens (including phenoxy) is 3. The number of hydrogen-bond donors (Lipinski definition) is 0. The van der Waals surface area contributed by atoms with Gasteiger partial charge in [0.1, 0.15) is 39.1 Å². The average Bonchev–Trinajstić information content (AvgIpc) is 0.724. The molecule has 0 spiro atoms. The van der Waals surface area contributed by atoms with Gasteiger partial charge in [-0.1, -0.05) is 49.9 Å². The summed E-state index contributed by atoms with van der Waals surface area (Å²) in [7, 11) is -19.3. The molecule has 11 saturated carbocycles. The van der Waals surface area contributed by atoms with Crippen molar-refractivity contribution in [3.05, 3.63) is 90.5 Å². The van der Waals surface area contributed by atoms with Crippen molar-refractivity contribution < 1.29 is 98.1 Å². The van der Waals surface area contributed by atoms with Crippen LogP contribution in [-0.2, 0) is 66.4 Å². The molecule has 13 fully saturated rings. The lowest BCUT2D eigenvalue weighted by Crippen LogP contribution is -2.65. The zero-order valence-electron chi connectivity index (χ0n) is 57.9. The van der Waals surface area contributed by atoms with Crippen LogP contribution in [0.3, 0.4) is 0 Å². The number of alkyl halides is 8. The summed E-state index contributed by atoms with van der Waals surface area (Å²) in [6, 6.07) is 30.4. The first kappa shape index (κ1) is 78.0. The van der Waals surface area contributed by atoms with Gasteiger partial charge in [0.05, 0.1) is 23.1 Å². The van der Waals surface area contributed by atoms with Crippen LogP contribution in [0.4, 0.5) is 35.1 Å². The minimum Gasteiger partial charge on any atom is -0.743 e. The highest BCUT2D eigenvalue weighted by molar-refractivity contribution is 7.98. The molecule has 15 nitrogen and oxygen atoms in total. The SMILES string of the molecule is CC(=O)c1ccc2c(OC3CCCCC3)ccc([S+]3CCCCC3)c2c1.O=C1C2CC3CC1CC(OC(=O)C(F)(F)S(=O)(=O)[O-])(C3)C2.O=S(=O)([O-])C(F)(F)C(F)(F)C(F)(F)S(=O)(=O)N1CCCC2CCCCC21.c1ccc([S+](c2ccc(OC3CCCCC3)cc2)C23CC4CC(CC(C4)C2)C3)cc1. The summed E-state index contributed by atoms with van der Waals surface area (Å²) in [5, 5.41) is -16.0. The van der Waals surface area contributed by atoms with Crippen molar-refractivity contribution in [2.45, 2.75) is 265 Å². The molecule has 0 N–H and O–H groups in total. The van der Waals surface area contributed by atoms with Gasteiger partial charge in [-0.25, -0.2) is 30.0 Å². The van der Waals surface area contributed by atoms with Crippen LogP contribution in [0.15, 0.2) is 99.6 Å². The summed E-state index contributed by atoms with van der Waals surface area (Å²) in [4.78, 5) is 39.9. The molecule has 13 aliphatic rings. The molecular formula is C75H93F8NO14S5. The molecule has 2 heterocycles. The number of esters is 1. The molecule has 568 valence electrons. The normalized spacial score (nSPS) is 29.6. The Bertz CT molecular complexity index is 4000. The average molecular weight is 1540 g/mol. The van der Waals surface area contributed by atoms with E-state index in [0.29, 0.717) is 72.8 Å². The van der Waals surface area contributed by atoms with Crippen LogP contribution in [0.5, 0.6) is 11.5 Å². The highest BCUT2D eigenvalue weighted by Crippen LogP contribution is 2.62. The maximum atomic E-state index is 14.1. The number of carbonyl (C=O) groups is 3. The van der Waals surface area contributed by atoms with Gasteiger partial charge < -0.3 is 23.3 Å². The number of piperidine rings is 1. The summed E-state index contributed by atoms with van der Waals surface area (Å²) in [5.74, 6) is -2.31. The fourth-order valence-corrected chi connectivity index (χ4v) is 27.8. The van der Waals surface area contributed by atoms with E-state index >= 15 is 0 Å². The second kappa shape index (κ2) is 30.8. The van der Waals surface area contributed by atoms with E-state index in [9.17, 15) is 83.9 Å². The van der Waals surface area contributed by atoms with Crippen molar-refractivity contribution >= 4 is 80.4 Å². The molecule has 5 unspecified atom stereocenters. The highest BCUT2D eigenvalue weighted by Gasteiger charge is 2.81. The number of rotatable bonds is 17. The lowest BCUT2D eigenvalue weighted by molar-refractivity contribution is -0.247. The van der Waals surface area contributed by atoms with E-state index in [4.69, 9.17) is 14.2 Å². The quantitative estimate of drug-likeness (QED) is 0.0315. The summed E-state index contributed by atoms with van der Waals surface area (Å²) >= 11 is 0. The van der Waals surface area contributed by atoms with Gasteiger partial charge in [0.2, 0.25) is 0 Å². The molecule has 8 bridgehead atoms. The van der Waals surface area contributed by atoms with E-state index in [-0.39, 0.29) is 76.1 Å². The van der Waals surface area contributed by atoms with E-state index in [2.05, 4.69) is 78.9 Å². The van der Waals surface area contributed by atoms with E-state index in [0.717, 1.165) is 34.8 Å². The summed E-state index contributed by atoms with van der Waals surface area (Å²) < 4.78 is 213. The third-order valence-electron chi connectivity index (χ3n) is 23.8. The third kappa shape index (κ3) is 16.1. The molecule has 28 heteroatoms. The first-order valence-electron chi connectivity index (χ1n) is 36.8. The lowest BCUT2D eigenvalue weighted by Gasteiger charge is -2.54. The highest BCUT2D eigenvalue weighted by atomic mass is 32.2. The fourth-order valence-electron chi connectivity index (χ4n) is 19.5. The van der Waals surface area contributed by atoms with Gasteiger partial charge in [0.15, 0.2) is 40.7 Å². The first-order chi connectivity index (χ1) is 48.6. The molecule has 4 aromatic rings. The first-order valence-corrected chi connectivity index (χ1v) is 43.9. The molecular weight excluding hydrogens is 1450 g/mol. The zero-order chi connectivity index (χ0) is 73.7. The molecule has 2 aliphatic heterocycles. The van der Waals surface area contributed by atoms with Crippen LogP contribution in [0.1, 0.15) is 210 Å². The fraction of sp³-hybridized carbons (Fsp3) is 0.667. The minimum atomic E-state index is -7.25. The third-order valence-corrected chi connectivity index (χ3v) is 32.8. The molecule has 0 radical (unpaired) electrons. The molecule has 0 amide bonds. The van der Waals surface area contributed by atoms with E-state index in [1.165, 1.54) is 149 Å². The van der Waals surface area contributed by atoms with Crippen LogP contribution < -0.4 is 9.47 Å². The van der Waals surface area contributed by atoms with Gasteiger partial charge in [-0.05, 0) is 245 Å². The van der Waals surface area contributed by atoms with Gasteiger partial charge >= 0.3 is 27.7 Å². The largest absolute Gasteiger partial charge is 0.743 e. The molecule has 4 aromatic carbocycles. The number of nitrogens with zero attached hydrogens (tertiary/aromatic N) is 1. The maximum Gasteiger partial charge on any atom is 0.428 e. The van der Waals surface area contributed by atoms with Crippen LogP contribution in [-0.4, -0.2) is 125 Å².